The third-order valence-corrected chi connectivity index (χ3v) is 10.9. The van der Waals surface area contributed by atoms with Gasteiger partial charge in [-0.3, -0.25) is 14.4 Å². The highest BCUT2D eigenvalue weighted by molar-refractivity contribution is 5.71. The zero-order chi connectivity index (χ0) is 45.8. The van der Waals surface area contributed by atoms with Crippen LogP contribution in [0.3, 0.4) is 0 Å². The van der Waals surface area contributed by atoms with Gasteiger partial charge in [-0.15, -0.1) is 0 Å². The molecule has 1 atom stereocenters. The first-order valence-electron chi connectivity index (χ1n) is 26.1. The number of hydrogen-bond acceptors (Lipinski definition) is 6. The molecule has 0 aliphatic heterocycles. The zero-order valence-corrected chi connectivity index (χ0v) is 41.1. The van der Waals surface area contributed by atoms with Gasteiger partial charge in [0.25, 0.3) is 0 Å². The molecule has 0 aliphatic carbocycles. The number of ether oxygens (including phenoxy) is 3. The first-order valence-corrected chi connectivity index (χ1v) is 26.1. The van der Waals surface area contributed by atoms with E-state index in [1.165, 1.54) is 89.9 Å². The van der Waals surface area contributed by atoms with Crippen molar-refractivity contribution < 1.29 is 28.6 Å². The largest absolute Gasteiger partial charge is 0.462 e. The monoisotopic (exact) mass is 877 g/mol. The summed E-state index contributed by atoms with van der Waals surface area (Å²) in [5.74, 6) is -0.976. The Bertz CT molecular complexity index is 1240. The lowest BCUT2D eigenvalue weighted by Crippen LogP contribution is -2.30. The summed E-state index contributed by atoms with van der Waals surface area (Å²) in [6.45, 7) is 6.44. The standard InChI is InChI=1S/C57H96O6/c1-4-7-10-13-16-19-22-25-27-28-30-33-36-39-42-45-48-51-57(60)63-54(52-61-55(58)49-46-43-40-37-34-31-24-21-18-15-12-9-6-3)53-62-56(59)50-47-44-41-38-35-32-29-26-23-20-17-14-11-8-5-2/h8,11,16-17,19-20,25-27,29-30,33,39,42,54H,4-7,9-10,12-15,18,21-24,28,31-32,34-38,40-41,43-53H2,1-3H3/b11-8-,19-16-,20-17-,27-25-,29-26-,33-30-,42-39-/t54-/m0/s1. The SMILES string of the molecule is CC/C=C\C/C=C\C/C=C\CCCCCCCC(=O)OC[C@H](COC(=O)CCCCCCCCCCCCCCC)OC(=O)CCC/C=C\C/C=C\C/C=C\C/C=C\CCCCC. The van der Waals surface area contributed by atoms with E-state index in [4.69, 9.17) is 14.2 Å². The molecule has 0 unspecified atom stereocenters. The molecular weight excluding hydrogens is 781 g/mol. The fourth-order valence-corrected chi connectivity index (χ4v) is 6.98. The molecule has 360 valence electrons. The van der Waals surface area contributed by atoms with Crippen molar-refractivity contribution >= 4 is 17.9 Å². The Morgan fingerprint density at radius 1 is 0.333 bits per heavy atom. The van der Waals surface area contributed by atoms with Crippen molar-refractivity contribution in [3.63, 3.8) is 0 Å². The van der Waals surface area contributed by atoms with Crippen molar-refractivity contribution in [2.75, 3.05) is 13.2 Å². The summed E-state index contributed by atoms with van der Waals surface area (Å²) in [4.78, 5) is 38.0. The third kappa shape index (κ3) is 49.5. The molecule has 0 saturated carbocycles. The van der Waals surface area contributed by atoms with Crippen LogP contribution in [0.25, 0.3) is 0 Å². The smallest absolute Gasteiger partial charge is 0.306 e. The van der Waals surface area contributed by atoms with Crippen molar-refractivity contribution in [3.8, 4) is 0 Å². The van der Waals surface area contributed by atoms with Gasteiger partial charge in [0, 0.05) is 19.3 Å². The van der Waals surface area contributed by atoms with Crippen molar-refractivity contribution in [1.29, 1.82) is 0 Å². The van der Waals surface area contributed by atoms with Crippen molar-refractivity contribution in [3.05, 3.63) is 85.1 Å². The van der Waals surface area contributed by atoms with E-state index in [9.17, 15) is 14.4 Å². The predicted octanol–water partition coefficient (Wildman–Crippen LogP) is 17.2. The van der Waals surface area contributed by atoms with E-state index in [1.54, 1.807) is 0 Å². The lowest BCUT2D eigenvalue weighted by atomic mass is 10.0. The van der Waals surface area contributed by atoms with Crippen LogP contribution in [0.2, 0.25) is 0 Å². The van der Waals surface area contributed by atoms with E-state index in [0.717, 1.165) is 103 Å². The van der Waals surface area contributed by atoms with Gasteiger partial charge in [0.15, 0.2) is 6.10 Å². The van der Waals surface area contributed by atoms with Crippen LogP contribution in [-0.4, -0.2) is 37.2 Å². The fraction of sp³-hybridized carbons (Fsp3) is 0.702. The minimum absolute atomic E-state index is 0.103. The van der Waals surface area contributed by atoms with Gasteiger partial charge in [-0.1, -0.05) is 215 Å². The highest BCUT2D eigenvalue weighted by atomic mass is 16.6. The first-order chi connectivity index (χ1) is 31.0. The molecule has 0 spiro atoms. The van der Waals surface area contributed by atoms with Gasteiger partial charge in [0.05, 0.1) is 0 Å². The zero-order valence-electron chi connectivity index (χ0n) is 41.1. The van der Waals surface area contributed by atoms with Crippen molar-refractivity contribution in [1.82, 2.24) is 0 Å². The number of carbonyl (C=O) groups excluding carboxylic acids is 3. The minimum atomic E-state index is -0.810. The molecule has 0 aromatic rings. The summed E-state index contributed by atoms with van der Waals surface area (Å²) in [7, 11) is 0. The van der Waals surface area contributed by atoms with Crippen LogP contribution in [0.1, 0.15) is 239 Å². The summed E-state index contributed by atoms with van der Waals surface area (Å²) < 4.78 is 16.7. The van der Waals surface area contributed by atoms with Gasteiger partial charge < -0.3 is 14.2 Å². The molecule has 0 N–H and O–H groups in total. The van der Waals surface area contributed by atoms with Gasteiger partial charge in [0.1, 0.15) is 13.2 Å². The number of esters is 3. The van der Waals surface area contributed by atoms with E-state index >= 15 is 0 Å². The highest BCUT2D eigenvalue weighted by Gasteiger charge is 2.19. The van der Waals surface area contributed by atoms with E-state index in [0.29, 0.717) is 19.3 Å². The Balaban J connectivity index is 4.51. The Morgan fingerprint density at radius 3 is 1.05 bits per heavy atom. The molecule has 63 heavy (non-hydrogen) atoms. The Morgan fingerprint density at radius 2 is 0.635 bits per heavy atom. The maximum Gasteiger partial charge on any atom is 0.306 e. The number of unbranched alkanes of at least 4 members (excludes halogenated alkanes) is 21. The Labute approximate surface area is 388 Å². The molecule has 0 aromatic heterocycles. The summed E-state index contributed by atoms with van der Waals surface area (Å²) in [5.41, 5.74) is 0. The Kier molecular flexibility index (Phi) is 48.5. The lowest BCUT2D eigenvalue weighted by molar-refractivity contribution is -0.167. The molecule has 0 aromatic carbocycles. The molecule has 0 rings (SSSR count). The predicted molar refractivity (Wildman–Crippen MR) is 270 cm³/mol. The average molecular weight is 877 g/mol. The quantitative estimate of drug-likeness (QED) is 0.0262. The van der Waals surface area contributed by atoms with Gasteiger partial charge >= 0.3 is 17.9 Å². The summed E-state index contributed by atoms with van der Waals surface area (Å²) in [6, 6.07) is 0. The third-order valence-electron chi connectivity index (χ3n) is 10.9. The van der Waals surface area contributed by atoms with Crippen LogP contribution < -0.4 is 0 Å². The maximum atomic E-state index is 12.8. The van der Waals surface area contributed by atoms with Crippen LogP contribution >= 0.6 is 0 Å². The summed E-state index contributed by atoms with van der Waals surface area (Å²) in [5, 5.41) is 0. The molecule has 0 bridgehead atoms. The second-order valence-electron chi connectivity index (χ2n) is 17.1. The summed E-state index contributed by atoms with van der Waals surface area (Å²) in [6.07, 6.45) is 65.7. The van der Waals surface area contributed by atoms with Crippen LogP contribution in [-0.2, 0) is 28.6 Å². The van der Waals surface area contributed by atoms with Crippen molar-refractivity contribution in [2.45, 2.75) is 245 Å². The van der Waals surface area contributed by atoms with E-state index in [-0.39, 0.29) is 37.5 Å². The van der Waals surface area contributed by atoms with E-state index in [1.807, 2.05) is 0 Å². The van der Waals surface area contributed by atoms with Crippen LogP contribution in [0, 0.1) is 0 Å². The average Bonchev–Trinajstić information content (AvgIpc) is 3.28. The summed E-state index contributed by atoms with van der Waals surface area (Å²) >= 11 is 0. The van der Waals surface area contributed by atoms with E-state index < -0.39 is 6.10 Å². The van der Waals surface area contributed by atoms with Gasteiger partial charge in [-0.2, -0.15) is 0 Å². The maximum absolute atomic E-state index is 12.8. The molecule has 0 aliphatic rings. The van der Waals surface area contributed by atoms with Gasteiger partial charge in [0.2, 0.25) is 0 Å². The number of rotatable bonds is 46. The molecule has 6 nitrogen and oxygen atoms in total. The van der Waals surface area contributed by atoms with Crippen molar-refractivity contribution in [2.24, 2.45) is 0 Å². The second kappa shape index (κ2) is 51.2. The first kappa shape index (κ1) is 59.6. The molecule has 0 heterocycles. The minimum Gasteiger partial charge on any atom is -0.462 e. The normalized spacial score (nSPS) is 12.7. The lowest BCUT2D eigenvalue weighted by Gasteiger charge is -2.18. The topological polar surface area (TPSA) is 78.9 Å². The molecule has 0 radical (unpaired) electrons. The van der Waals surface area contributed by atoms with Gasteiger partial charge in [-0.05, 0) is 89.9 Å². The number of hydrogen-bond donors (Lipinski definition) is 0. The Hall–Kier alpha value is -3.41. The van der Waals surface area contributed by atoms with Crippen LogP contribution in [0.5, 0.6) is 0 Å². The van der Waals surface area contributed by atoms with Crippen LogP contribution in [0.4, 0.5) is 0 Å². The van der Waals surface area contributed by atoms with Gasteiger partial charge in [-0.25, -0.2) is 0 Å². The second-order valence-corrected chi connectivity index (χ2v) is 17.1. The molecule has 0 amide bonds. The molecule has 0 fully saturated rings. The van der Waals surface area contributed by atoms with Crippen LogP contribution in [0.15, 0.2) is 85.1 Å². The molecular formula is C57H96O6. The highest BCUT2D eigenvalue weighted by Crippen LogP contribution is 2.14. The molecule has 6 heteroatoms. The number of allylic oxidation sites excluding steroid dienone is 14. The van der Waals surface area contributed by atoms with E-state index in [2.05, 4.69) is 106 Å². The number of carbonyl (C=O) groups is 3. The fourth-order valence-electron chi connectivity index (χ4n) is 6.98. The molecule has 0 saturated heterocycles.